The molecule has 0 aliphatic heterocycles. The molecule has 0 fully saturated rings. The summed E-state index contributed by atoms with van der Waals surface area (Å²) >= 11 is 0. The monoisotopic (exact) mass is 578 g/mol. The summed E-state index contributed by atoms with van der Waals surface area (Å²) in [5.74, 6) is 0.0845. The second-order valence-corrected chi connectivity index (χ2v) is 9.34. The summed E-state index contributed by atoms with van der Waals surface area (Å²) in [6.45, 7) is 24.7. The van der Waals surface area contributed by atoms with Crippen LogP contribution in [0.2, 0.25) is 0 Å². The van der Waals surface area contributed by atoms with E-state index in [0.717, 1.165) is 43.0 Å². The number of ketones is 1. The maximum Gasteiger partial charge on any atom is 0.242 e. The van der Waals surface area contributed by atoms with Crippen LogP contribution in [-0.4, -0.2) is 62.1 Å². The van der Waals surface area contributed by atoms with E-state index in [0.29, 0.717) is 12.2 Å². The number of amides is 2. The summed E-state index contributed by atoms with van der Waals surface area (Å²) in [6, 6.07) is -0.685. The van der Waals surface area contributed by atoms with Gasteiger partial charge >= 0.3 is 0 Å². The zero-order valence-electron chi connectivity index (χ0n) is 26.0. The van der Waals surface area contributed by atoms with Crippen molar-refractivity contribution in [1.29, 1.82) is 0 Å². The Hall–Kier alpha value is -3.57. The van der Waals surface area contributed by atoms with Crippen LogP contribution in [0.5, 0.6) is 0 Å². The Balaban J connectivity index is 0. The predicted octanol–water partition coefficient (Wildman–Crippen LogP) is 2.99. The van der Waals surface area contributed by atoms with Crippen LogP contribution in [0, 0.1) is 11.8 Å². The van der Waals surface area contributed by atoms with Crippen LogP contribution >= 0.6 is 0 Å². The smallest absolute Gasteiger partial charge is 0.242 e. The Morgan fingerprint density at radius 2 is 1.83 bits per heavy atom. The van der Waals surface area contributed by atoms with E-state index in [1.807, 2.05) is 46.8 Å². The molecule has 234 valence electrons. The summed E-state index contributed by atoms with van der Waals surface area (Å²) in [5.41, 5.74) is 12.9. The number of unbranched alkanes of at least 4 members (excludes halogenated alkanes) is 1. The molecule has 41 heavy (non-hydrogen) atoms. The normalized spacial score (nSPS) is 14.0. The zero-order chi connectivity index (χ0) is 31.8. The molecular weight excluding hydrogens is 524 g/mol. The molecule has 1 rings (SSSR count). The average Bonchev–Trinajstić information content (AvgIpc) is 3.26. The van der Waals surface area contributed by atoms with E-state index in [1.54, 1.807) is 0 Å². The third-order valence-corrected chi connectivity index (χ3v) is 5.77. The maximum absolute atomic E-state index is 12.8. The first-order chi connectivity index (χ1) is 19.5. The first kappa shape index (κ1) is 39.6. The lowest BCUT2D eigenvalue weighted by molar-refractivity contribution is -0.155. The second-order valence-electron chi connectivity index (χ2n) is 9.34. The van der Waals surface area contributed by atoms with Crippen LogP contribution in [0.3, 0.4) is 0 Å². The maximum atomic E-state index is 12.8. The number of carbonyl (C=O) groups excluding carboxylic acids is 3. The third-order valence-electron chi connectivity index (χ3n) is 5.77. The van der Waals surface area contributed by atoms with E-state index in [-0.39, 0.29) is 55.4 Å². The van der Waals surface area contributed by atoms with E-state index in [2.05, 4.69) is 42.6 Å². The number of rotatable bonds is 20. The molecule has 0 spiro atoms. The molecule has 2 atom stereocenters. The van der Waals surface area contributed by atoms with E-state index < -0.39 is 6.04 Å². The van der Waals surface area contributed by atoms with Crippen LogP contribution in [0.4, 0.5) is 0 Å². The van der Waals surface area contributed by atoms with Gasteiger partial charge in [0.25, 0.3) is 0 Å². The highest BCUT2D eigenvalue weighted by Crippen LogP contribution is 2.24. The van der Waals surface area contributed by atoms with Gasteiger partial charge in [0.05, 0.1) is 37.3 Å². The molecule has 0 saturated carbocycles. The van der Waals surface area contributed by atoms with E-state index >= 15 is 0 Å². The first-order valence-electron chi connectivity index (χ1n) is 14.1. The SMILES string of the molecule is C=C(N)NCCCCN.C=CON(C=O)CCOCCC(=O)NC(C(=O)C(=C)NC1=CC=C(C)C1C)C(C)C.CC. The molecule has 1 aliphatic carbocycles. The van der Waals surface area contributed by atoms with Crippen molar-refractivity contribution in [3.63, 3.8) is 0 Å². The van der Waals surface area contributed by atoms with Gasteiger partial charge in [0, 0.05) is 24.6 Å². The Morgan fingerprint density at radius 3 is 2.32 bits per heavy atom. The topological polar surface area (TPSA) is 161 Å². The van der Waals surface area contributed by atoms with Gasteiger partial charge in [0.1, 0.15) is 6.26 Å². The van der Waals surface area contributed by atoms with Crippen molar-refractivity contribution in [2.75, 3.05) is 32.8 Å². The molecule has 0 saturated heterocycles. The number of nitrogens with two attached hydrogens (primary N) is 2. The van der Waals surface area contributed by atoms with Crippen LogP contribution < -0.4 is 27.4 Å². The first-order valence-corrected chi connectivity index (χ1v) is 14.1. The van der Waals surface area contributed by atoms with Crippen molar-refractivity contribution < 1.29 is 24.0 Å². The summed E-state index contributed by atoms with van der Waals surface area (Å²) in [6.07, 6.45) is 7.78. The number of hydroxylamine groups is 2. The standard InChI is InChI=1S/C22H33N3O5.C6H15N3.C2H6/c1-7-30-25(14-26)11-13-29-12-10-20(27)24-21(15(2)3)22(28)18(6)23-19-9-8-16(4)17(19)5;1-6(8)9-5-3-2-4-7;1-2/h7-9,14-15,17,21,23H,1,6,10-13H2,2-5H3,(H,24,27);9H,1-5,7-8H2;1-2H3. The number of Topliss-reactive ketones (excluding diaryl/α,β-unsaturated/α-hetero) is 1. The number of ether oxygens (including phenoxy) is 1. The Bertz CT molecular complexity index is 885. The number of nitrogens with zero attached hydrogens (tertiary/aromatic N) is 1. The molecule has 0 bridgehead atoms. The number of nitrogens with one attached hydrogen (secondary N) is 3. The van der Waals surface area contributed by atoms with Gasteiger partial charge in [-0.1, -0.05) is 66.0 Å². The van der Waals surface area contributed by atoms with Gasteiger partial charge < -0.3 is 37.0 Å². The van der Waals surface area contributed by atoms with Crippen LogP contribution in [0.25, 0.3) is 0 Å². The largest absolute Gasteiger partial charge is 0.386 e. The van der Waals surface area contributed by atoms with Crippen LogP contribution in [0.15, 0.2) is 60.9 Å². The fraction of sp³-hybridized carbons (Fsp3) is 0.567. The quantitative estimate of drug-likeness (QED) is 0.0481. The number of allylic oxidation sites excluding steroid dienone is 3. The Morgan fingerprint density at radius 1 is 1.17 bits per heavy atom. The Kier molecular flexibility index (Phi) is 23.4. The molecule has 7 N–H and O–H groups in total. The molecule has 1 aliphatic rings. The number of hydrogen-bond acceptors (Lipinski definition) is 9. The van der Waals surface area contributed by atoms with Gasteiger partial charge in [0.15, 0.2) is 0 Å². The van der Waals surface area contributed by atoms with Crippen molar-refractivity contribution in [3.8, 4) is 0 Å². The van der Waals surface area contributed by atoms with E-state index in [1.165, 1.54) is 5.57 Å². The average molecular weight is 579 g/mol. The highest BCUT2D eigenvalue weighted by atomic mass is 16.7. The van der Waals surface area contributed by atoms with Gasteiger partial charge in [0.2, 0.25) is 18.1 Å². The summed E-state index contributed by atoms with van der Waals surface area (Å²) < 4.78 is 5.34. The van der Waals surface area contributed by atoms with Crippen molar-refractivity contribution in [2.24, 2.45) is 23.3 Å². The lowest BCUT2D eigenvalue weighted by atomic mass is 9.97. The molecule has 11 nitrogen and oxygen atoms in total. The molecule has 0 heterocycles. The highest BCUT2D eigenvalue weighted by molar-refractivity contribution is 6.00. The van der Waals surface area contributed by atoms with E-state index in [4.69, 9.17) is 21.0 Å². The molecule has 2 unspecified atom stereocenters. The lowest BCUT2D eigenvalue weighted by Gasteiger charge is -2.24. The van der Waals surface area contributed by atoms with Crippen molar-refractivity contribution in [1.82, 2.24) is 21.0 Å². The lowest BCUT2D eigenvalue weighted by Crippen LogP contribution is -2.46. The summed E-state index contributed by atoms with van der Waals surface area (Å²) in [5, 5.41) is 9.79. The fourth-order valence-corrected chi connectivity index (χ4v) is 3.27. The van der Waals surface area contributed by atoms with Gasteiger partial charge in [-0.25, -0.2) is 0 Å². The summed E-state index contributed by atoms with van der Waals surface area (Å²) in [7, 11) is 0. The zero-order valence-corrected chi connectivity index (χ0v) is 26.0. The fourth-order valence-electron chi connectivity index (χ4n) is 3.27. The number of carbonyl (C=O) groups is 3. The van der Waals surface area contributed by atoms with Crippen LogP contribution in [-0.2, 0) is 24.0 Å². The minimum atomic E-state index is -0.685. The molecule has 2 amide bonds. The van der Waals surface area contributed by atoms with Gasteiger partial charge in [-0.05, 0) is 38.3 Å². The second kappa shape index (κ2) is 24.2. The van der Waals surface area contributed by atoms with E-state index in [9.17, 15) is 14.4 Å². The van der Waals surface area contributed by atoms with Gasteiger partial charge in [-0.2, -0.15) is 5.06 Å². The molecule has 11 heteroatoms. The third kappa shape index (κ3) is 18.4. The molecule has 0 aromatic heterocycles. The molecule has 0 aromatic carbocycles. The molecule has 0 aromatic rings. The van der Waals surface area contributed by atoms with Gasteiger partial charge in [-0.3, -0.25) is 14.4 Å². The number of hydrogen-bond donors (Lipinski definition) is 5. The minimum absolute atomic E-state index is 0.0884. The minimum Gasteiger partial charge on any atom is -0.386 e. The van der Waals surface area contributed by atoms with Crippen molar-refractivity contribution in [3.05, 3.63) is 60.9 Å². The molecule has 0 radical (unpaired) electrons. The van der Waals surface area contributed by atoms with Crippen molar-refractivity contribution in [2.45, 2.75) is 66.8 Å². The summed E-state index contributed by atoms with van der Waals surface area (Å²) in [4.78, 5) is 40.6. The molecular formula is C30H54N6O5. The Labute approximate surface area is 247 Å². The predicted molar refractivity (Wildman–Crippen MR) is 166 cm³/mol. The van der Waals surface area contributed by atoms with Crippen molar-refractivity contribution >= 4 is 18.1 Å². The highest BCUT2D eigenvalue weighted by Gasteiger charge is 2.27. The van der Waals surface area contributed by atoms with Gasteiger partial charge in [-0.15, -0.1) is 0 Å². The van der Waals surface area contributed by atoms with Crippen LogP contribution in [0.1, 0.15) is 60.8 Å².